The highest BCUT2D eigenvalue weighted by Crippen LogP contribution is 2.32. The Balaban J connectivity index is 2.27. The highest BCUT2D eigenvalue weighted by molar-refractivity contribution is 9.10. The topological polar surface area (TPSA) is 37.8 Å². The monoisotopic (exact) mass is 331 g/mol. The summed E-state index contributed by atoms with van der Waals surface area (Å²) in [5.41, 5.74) is 1.01. The molecule has 6 heteroatoms. The lowest BCUT2D eigenvalue weighted by molar-refractivity contribution is 0.896. The van der Waals surface area contributed by atoms with Gasteiger partial charge in [0.05, 0.1) is 9.35 Å². The van der Waals surface area contributed by atoms with Gasteiger partial charge in [0, 0.05) is 24.0 Å². The summed E-state index contributed by atoms with van der Waals surface area (Å²) in [5, 5.41) is 4.66. The van der Waals surface area contributed by atoms with Gasteiger partial charge in [-0.25, -0.2) is 9.97 Å². The molecule has 0 aromatic carbocycles. The number of thiazole rings is 1. The average molecular weight is 333 g/mol. The van der Waals surface area contributed by atoms with Crippen molar-refractivity contribution in [3.8, 4) is 10.4 Å². The highest BCUT2D eigenvalue weighted by Gasteiger charge is 2.07. The maximum atomic E-state index is 5.86. The molecule has 0 saturated heterocycles. The third kappa shape index (κ3) is 3.18. The van der Waals surface area contributed by atoms with E-state index in [0.29, 0.717) is 11.2 Å². The van der Waals surface area contributed by atoms with Crippen molar-refractivity contribution >= 4 is 44.0 Å². The van der Waals surface area contributed by atoms with Crippen LogP contribution in [0.15, 0.2) is 22.9 Å². The minimum absolute atomic E-state index is 0.379. The van der Waals surface area contributed by atoms with Crippen LogP contribution in [0.3, 0.4) is 0 Å². The number of hydrogen-bond donors (Lipinski definition) is 1. The molecule has 1 N–H and O–H groups in total. The molecule has 0 fully saturated rings. The van der Waals surface area contributed by atoms with Crippen molar-refractivity contribution in [1.29, 1.82) is 0 Å². The Morgan fingerprint density at radius 3 is 2.76 bits per heavy atom. The van der Waals surface area contributed by atoms with E-state index in [9.17, 15) is 0 Å². The quantitative estimate of drug-likeness (QED) is 0.844. The van der Waals surface area contributed by atoms with E-state index in [1.54, 1.807) is 17.5 Å². The van der Waals surface area contributed by atoms with Crippen LogP contribution in [-0.4, -0.2) is 16.0 Å². The minimum atomic E-state index is 0.379. The molecule has 0 saturated carbocycles. The summed E-state index contributed by atoms with van der Waals surface area (Å²) in [6.07, 6.45) is 3.59. The van der Waals surface area contributed by atoms with Gasteiger partial charge in [-0.3, -0.25) is 0 Å². The Kier molecular flexibility index (Phi) is 4.01. The predicted molar refractivity (Wildman–Crippen MR) is 76.8 cm³/mol. The van der Waals surface area contributed by atoms with Crippen LogP contribution < -0.4 is 5.32 Å². The lowest BCUT2D eigenvalue weighted by Gasteiger charge is -2.04. The molecular weight excluding hydrogens is 322 g/mol. The van der Waals surface area contributed by atoms with Crippen LogP contribution in [0.2, 0.25) is 5.15 Å². The molecule has 2 heterocycles. The van der Waals surface area contributed by atoms with Crippen molar-refractivity contribution in [1.82, 2.24) is 9.97 Å². The van der Waals surface area contributed by atoms with E-state index >= 15 is 0 Å². The first kappa shape index (κ1) is 12.8. The molecule has 0 unspecified atom stereocenters. The molecule has 0 spiro atoms. The second kappa shape index (κ2) is 5.33. The molecule has 90 valence electrons. The molecule has 0 aliphatic heterocycles. The van der Waals surface area contributed by atoms with E-state index in [1.165, 1.54) is 0 Å². The minimum Gasteiger partial charge on any atom is -0.359 e. The summed E-state index contributed by atoms with van der Waals surface area (Å²) >= 11 is 10.8. The average Bonchev–Trinajstić information content (AvgIpc) is 2.69. The third-order valence-corrected chi connectivity index (χ3v) is 4.11. The largest absolute Gasteiger partial charge is 0.359 e. The first-order chi connectivity index (χ1) is 8.06. The van der Waals surface area contributed by atoms with E-state index in [2.05, 4.69) is 45.1 Å². The summed E-state index contributed by atoms with van der Waals surface area (Å²) in [7, 11) is 0. The Bertz CT molecular complexity index is 527. The molecule has 2 aromatic rings. The highest BCUT2D eigenvalue weighted by atomic mass is 79.9. The number of nitrogens with one attached hydrogen (secondary N) is 1. The molecule has 2 rings (SSSR count). The summed E-state index contributed by atoms with van der Waals surface area (Å²) in [5.74, 6) is 0. The van der Waals surface area contributed by atoms with Gasteiger partial charge < -0.3 is 5.32 Å². The Labute approximate surface area is 117 Å². The fourth-order valence-corrected chi connectivity index (χ4v) is 2.67. The molecule has 17 heavy (non-hydrogen) atoms. The van der Waals surface area contributed by atoms with Crippen molar-refractivity contribution in [2.75, 3.05) is 5.32 Å². The first-order valence-electron chi connectivity index (χ1n) is 5.10. The molecule has 0 aliphatic rings. The van der Waals surface area contributed by atoms with Crippen LogP contribution >= 0.6 is 38.9 Å². The number of aromatic nitrogens is 2. The Morgan fingerprint density at radius 1 is 1.35 bits per heavy atom. The van der Waals surface area contributed by atoms with Gasteiger partial charge in [-0.05, 0) is 35.8 Å². The Morgan fingerprint density at radius 2 is 2.12 bits per heavy atom. The van der Waals surface area contributed by atoms with Gasteiger partial charge in [0.15, 0.2) is 5.13 Å². The van der Waals surface area contributed by atoms with Crippen molar-refractivity contribution in [3.63, 3.8) is 0 Å². The summed E-state index contributed by atoms with van der Waals surface area (Å²) in [6, 6.07) is 2.33. The van der Waals surface area contributed by atoms with Gasteiger partial charge in [-0.15, -0.1) is 0 Å². The van der Waals surface area contributed by atoms with Gasteiger partial charge in [0.25, 0.3) is 0 Å². The number of hydrogen-bond acceptors (Lipinski definition) is 4. The zero-order chi connectivity index (χ0) is 12.4. The lowest BCUT2D eigenvalue weighted by Crippen LogP contribution is -2.08. The van der Waals surface area contributed by atoms with Gasteiger partial charge >= 0.3 is 0 Å². The van der Waals surface area contributed by atoms with Crippen molar-refractivity contribution in [2.45, 2.75) is 19.9 Å². The van der Waals surface area contributed by atoms with Crippen LogP contribution in [0.4, 0.5) is 5.13 Å². The van der Waals surface area contributed by atoms with E-state index in [1.807, 2.05) is 12.3 Å². The van der Waals surface area contributed by atoms with Gasteiger partial charge in [0.2, 0.25) is 0 Å². The fourth-order valence-electron chi connectivity index (χ4n) is 1.28. The maximum Gasteiger partial charge on any atom is 0.183 e. The smallest absolute Gasteiger partial charge is 0.183 e. The number of rotatable bonds is 3. The van der Waals surface area contributed by atoms with Gasteiger partial charge in [-0.1, -0.05) is 22.9 Å². The number of halogens is 2. The zero-order valence-electron chi connectivity index (χ0n) is 9.37. The SMILES string of the molecule is CC(C)Nc1ncc(-c2cnc(Cl)c(Br)c2)s1. The predicted octanol–water partition coefficient (Wildman–Crippen LogP) is 4.44. The zero-order valence-corrected chi connectivity index (χ0v) is 12.5. The van der Waals surface area contributed by atoms with Crippen LogP contribution in [0.25, 0.3) is 10.4 Å². The van der Waals surface area contributed by atoms with Gasteiger partial charge in [-0.2, -0.15) is 0 Å². The molecule has 0 amide bonds. The first-order valence-corrected chi connectivity index (χ1v) is 7.09. The summed E-state index contributed by atoms with van der Waals surface area (Å²) in [6.45, 7) is 4.17. The van der Waals surface area contributed by atoms with E-state index in [-0.39, 0.29) is 0 Å². The maximum absolute atomic E-state index is 5.86. The third-order valence-electron chi connectivity index (χ3n) is 2.00. The molecule has 0 radical (unpaired) electrons. The number of nitrogens with zero attached hydrogens (tertiary/aromatic N) is 2. The molecule has 3 nitrogen and oxygen atoms in total. The fraction of sp³-hybridized carbons (Fsp3) is 0.273. The summed E-state index contributed by atoms with van der Waals surface area (Å²) < 4.78 is 0.795. The molecule has 2 aromatic heterocycles. The van der Waals surface area contributed by atoms with Crippen molar-refractivity contribution < 1.29 is 0 Å². The molecule has 0 bridgehead atoms. The molecule has 0 atom stereocenters. The standard InChI is InChI=1S/C11H11BrClN3S/c1-6(2)16-11-15-5-9(17-11)7-3-8(12)10(13)14-4-7/h3-6H,1-2H3,(H,15,16). The van der Waals surface area contributed by atoms with E-state index in [4.69, 9.17) is 11.6 Å². The van der Waals surface area contributed by atoms with Crippen LogP contribution in [0.1, 0.15) is 13.8 Å². The number of pyridine rings is 1. The molecule has 0 aliphatic carbocycles. The molecular formula is C11H11BrClN3S. The van der Waals surface area contributed by atoms with E-state index in [0.717, 1.165) is 20.0 Å². The van der Waals surface area contributed by atoms with Crippen LogP contribution in [-0.2, 0) is 0 Å². The van der Waals surface area contributed by atoms with E-state index < -0.39 is 0 Å². The number of anilines is 1. The van der Waals surface area contributed by atoms with Crippen LogP contribution in [0, 0.1) is 0 Å². The summed E-state index contributed by atoms with van der Waals surface area (Å²) in [4.78, 5) is 9.49. The Hall–Kier alpha value is -0.650. The second-order valence-corrected chi connectivity index (χ2v) is 6.07. The van der Waals surface area contributed by atoms with Crippen molar-refractivity contribution in [3.05, 3.63) is 28.1 Å². The normalized spacial score (nSPS) is 10.9. The van der Waals surface area contributed by atoms with Gasteiger partial charge in [0.1, 0.15) is 5.15 Å². The van der Waals surface area contributed by atoms with Crippen molar-refractivity contribution in [2.24, 2.45) is 0 Å². The lowest BCUT2D eigenvalue weighted by atomic mass is 10.2. The second-order valence-electron chi connectivity index (χ2n) is 3.83. The van der Waals surface area contributed by atoms with Crippen LogP contribution in [0.5, 0.6) is 0 Å².